The minimum absolute atomic E-state index is 0.00994. The van der Waals surface area contributed by atoms with Gasteiger partial charge in [-0.05, 0) is 45.1 Å². The largest absolute Gasteiger partial charge is 0.381 e. The fourth-order valence-corrected chi connectivity index (χ4v) is 6.22. The third kappa shape index (κ3) is 4.81. The first kappa shape index (κ1) is 26.6. The zero-order valence-corrected chi connectivity index (χ0v) is 21.2. The van der Waals surface area contributed by atoms with Crippen molar-refractivity contribution < 1.29 is 26.7 Å². The molecule has 1 aliphatic heterocycles. The molecule has 1 aromatic carbocycles. The van der Waals surface area contributed by atoms with Crippen LogP contribution in [-0.2, 0) is 0 Å². The highest BCUT2D eigenvalue weighted by molar-refractivity contribution is 5.99. The maximum Gasteiger partial charge on any atom is 0.268 e. The van der Waals surface area contributed by atoms with E-state index in [-0.39, 0.29) is 35.7 Å². The number of hydrogen-bond acceptors (Lipinski definition) is 4. The van der Waals surface area contributed by atoms with Gasteiger partial charge >= 0.3 is 0 Å². The first-order valence-corrected chi connectivity index (χ1v) is 12.9. The van der Waals surface area contributed by atoms with Gasteiger partial charge in [0.2, 0.25) is 0 Å². The van der Waals surface area contributed by atoms with Crippen LogP contribution < -0.4 is 16.2 Å². The predicted molar refractivity (Wildman–Crippen MR) is 132 cm³/mol. The van der Waals surface area contributed by atoms with Gasteiger partial charge in [0.15, 0.2) is 0 Å². The summed E-state index contributed by atoms with van der Waals surface area (Å²) in [5.41, 5.74) is -1.34. The van der Waals surface area contributed by atoms with E-state index in [2.05, 4.69) is 15.5 Å². The number of hydrogen-bond donors (Lipinski definition) is 2. The maximum absolute atomic E-state index is 14.7. The number of aromatic nitrogens is 1. The molecule has 6 nitrogen and oxygen atoms in total. The Balaban J connectivity index is 1.47. The number of piperidine rings is 1. The lowest BCUT2D eigenvalue weighted by atomic mass is 9.87. The lowest BCUT2D eigenvalue weighted by Gasteiger charge is -2.39. The number of pyridine rings is 1. The Morgan fingerprint density at radius 1 is 1.11 bits per heavy atom. The summed E-state index contributed by atoms with van der Waals surface area (Å²) in [5, 5.41) is 5.97. The number of nitrogens with one attached hydrogen (secondary N) is 2. The molecule has 2 heterocycles. The van der Waals surface area contributed by atoms with E-state index >= 15 is 0 Å². The van der Waals surface area contributed by atoms with E-state index < -0.39 is 47.3 Å². The van der Waals surface area contributed by atoms with Crippen LogP contribution in [0.5, 0.6) is 0 Å². The first-order valence-electron chi connectivity index (χ1n) is 12.9. The SMILES string of the molecule is C[C@@H](NC(=O)c1cn([C@@H]2CCC2(F)F)c(=O)cc1N[C@@H]1[C@@H]2CC[C@H]1CN(C)C2)c1cccc(C(F)F)c1F. The average molecular weight is 539 g/mol. The van der Waals surface area contributed by atoms with Gasteiger partial charge in [0, 0.05) is 43.4 Å². The molecule has 2 bridgehead atoms. The zero-order chi connectivity index (χ0) is 27.4. The number of carbonyl (C=O) groups excluding carboxylic acids is 1. The van der Waals surface area contributed by atoms with Crippen molar-refractivity contribution in [2.75, 3.05) is 25.5 Å². The van der Waals surface area contributed by atoms with Gasteiger partial charge in [0.1, 0.15) is 11.9 Å². The lowest BCUT2D eigenvalue weighted by Crippen LogP contribution is -2.47. The fraction of sp³-hybridized carbons (Fsp3) is 0.556. The average Bonchev–Trinajstić information content (AvgIpc) is 3.07. The third-order valence-electron chi connectivity index (χ3n) is 8.35. The minimum Gasteiger partial charge on any atom is -0.381 e. The summed E-state index contributed by atoms with van der Waals surface area (Å²) in [6.07, 6.45) is -0.130. The van der Waals surface area contributed by atoms with Crippen LogP contribution in [0.1, 0.15) is 72.6 Å². The standard InChI is InChI=1S/C27H31F5N4O2/c1-14(17-4-3-5-18(23(17)28)25(29)30)33-26(38)19-13-36(21-8-9-27(21,31)32)22(37)10-20(19)34-24-15-6-7-16(24)12-35(2)11-15/h3-5,10,13-16,21,24-25,34H,6-9,11-12H2,1-2H3,(H,33,38)/t14-,15-,16+,21-,24-/m1/s1. The summed E-state index contributed by atoms with van der Waals surface area (Å²) < 4.78 is 70.4. The van der Waals surface area contributed by atoms with Gasteiger partial charge in [0.25, 0.3) is 23.8 Å². The van der Waals surface area contributed by atoms with E-state index in [0.29, 0.717) is 11.8 Å². The van der Waals surface area contributed by atoms with E-state index in [1.807, 2.05) is 7.05 Å². The van der Waals surface area contributed by atoms with E-state index in [9.17, 15) is 31.5 Å². The highest BCUT2D eigenvalue weighted by Crippen LogP contribution is 2.46. The van der Waals surface area contributed by atoms with E-state index in [0.717, 1.165) is 42.8 Å². The molecule has 38 heavy (non-hydrogen) atoms. The normalized spacial score (nSPS) is 27.2. The van der Waals surface area contributed by atoms with Gasteiger partial charge in [-0.2, -0.15) is 0 Å². The number of likely N-dealkylation sites (tertiary alicyclic amines) is 1. The van der Waals surface area contributed by atoms with Crippen LogP contribution in [-0.4, -0.2) is 47.5 Å². The minimum atomic E-state index is -3.06. The predicted octanol–water partition coefficient (Wildman–Crippen LogP) is 5.14. The quantitative estimate of drug-likeness (QED) is 0.480. The molecule has 206 valence electrons. The molecule has 5 rings (SSSR count). The number of nitrogens with zero attached hydrogens (tertiary/aromatic N) is 2. The molecule has 2 aromatic rings. The van der Waals surface area contributed by atoms with Crippen LogP contribution in [0.2, 0.25) is 0 Å². The molecule has 1 amide bonds. The smallest absolute Gasteiger partial charge is 0.268 e. The van der Waals surface area contributed by atoms with Crippen LogP contribution >= 0.6 is 0 Å². The molecule has 0 spiro atoms. The molecule has 2 saturated carbocycles. The lowest BCUT2D eigenvalue weighted by molar-refractivity contribution is -0.123. The zero-order valence-electron chi connectivity index (χ0n) is 21.2. The number of benzene rings is 1. The van der Waals surface area contributed by atoms with Gasteiger partial charge in [-0.1, -0.05) is 18.2 Å². The monoisotopic (exact) mass is 538 g/mol. The summed E-state index contributed by atoms with van der Waals surface area (Å²) >= 11 is 0. The fourth-order valence-electron chi connectivity index (χ4n) is 6.22. The van der Waals surface area contributed by atoms with Gasteiger partial charge in [-0.25, -0.2) is 22.0 Å². The van der Waals surface area contributed by atoms with E-state index in [1.165, 1.54) is 25.1 Å². The van der Waals surface area contributed by atoms with E-state index in [4.69, 9.17) is 0 Å². The summed E-state index contributed by atoms with van der Waals surface area (Å²) in [6.45, 7) is 3.17. The van der Waals surface area contributed by atoms with E-state index in [1.54, 1.807) is 0 Å². The molecule has 0 radical (unpaired) electrons. The number of carbonyl (C=O) groups is 1. The van der Waals surface area contributed by atoms with Crippen LogP contribution in [0.25, 0.3) is 0 Å². The number of fused-ring (bicyclic) bond motifs is 2. The van der Waals surface area contributed by atoms with Crippen molar-refractivity contribution in [1.29, 1.82) is 0 Å². The van der Waals surface area contributed by atoms with Gasteiger partial charge in [-0.15, -0.1) is 0 Å². The number of halogens is 5. The molecular formula is C27H31F5N4O2. The molecule has 11 heteroatoms. The number of rotatable bonds is 7. The van der Waals surface area contributed by atoms with Crippen LogP contribution in [0, 0.1) is 17.7 Å². The highest BCUT2D eigenvalue weighted by Gasteiger charge is 2.50. The molecule has 3 fully saturated rings. The topological polar surface area (TPSA) is 66.4 Å². The Bertz CT molecular complexity index is 1270. The molecule has 2 aliphatic carbocycles. The molecule has 0 unspecified atom stereocenters. The maximum atomic E-state index is 14.7. The Morgan fingerprint density at radius 3 is 2.34 bits per heavy atom. The second kappa shape index (κ2) is 9.98. The van der Waals surface area contributed by atoms with Crippen molar-refractivity contribution in [2.24, 2.45) is 11.8 Å². The second-order valence-electron chi connectivity index (χ2n) is 10.9. The van der Waals surface area contributed by atoms with Crippen molar-refractivity contribution in [1.82, 2.24) is 14.8 Å². The number of amides is 1. The summed E-state index contributed by atoms with van der Waals surface area (Å²) in [4.78, 5) is 28.6. The molecule has 5 atom stereocenters. The van der Waals surface area contributed by atoms with Crippen molar-refractivity contribution in [3.8, 4) is 0 Å². The van der Waals surface area contributed by atoms with Crippen molar-refractivity contribution in [2.45, 2.75) is 63.1 Å². The summed E-state index contributed by atoms with van der Waals surface area (Å²) in [7, 11) is 2.05. The molecule has 1 aromatic heterocycles. The van der Waals surface area contributed by atoms with Crippen molar-refractivity contribution >= 4 is 11.6 Å². The Hall–Kier alpha value is -2.95. The summed E-state index contributed by atoms with van der Waals surface area (Å²) in [5.74, 6) is -4.29. The molecule has 3 aliphatic rings. The van der Waals surface area contributed by atoms with Crippen LogP contribution in [0.3, 0.4) is 0 Å². The van der Waals surface area contributed by atoms with Crippen molar-refractivity contribution in [3.05, 3.63) is 63.3 Å². The third-order valence-corrected chi connectivity index (χ3v) is 8.35. The first-order chi connectivity index (χ1) is 18.0. The summed E-state index contributed by atoms with van der Waals surface area (Å²) in [6, 6.07) is 2.40. The molecule has 2 N–H and O–H groups in total. The van der Waals surface area contributed by atoms with Crippen LogP contribution in [0.15, 0.2) is 35.3 Å². The Morgan fingerprint density at radius 2 is 1.76 bits per heavy atom. The van der Waals surface area contributed by atoms with Crippen LogP contribution in [0.4, 0.5) is 27.6 Å². The van der Waals surface area contributed by atoms with Gasteiger partial charge in [0.05, 0.1) is 22.9 Å². The molecular weight excluding hydrogens is 507 g/mol. The molecule has 1 saturated heterocycles. The second-order valence-corrected chi connectivity index (χ2v) is 10.9. The van der Waals surface area contributed by atoms with Gasteiger partial charge < -0.3 is 20.1 Å². The number of anilines is 1. The highest BCUT2D eigenvalue weighted by atomic mass is 19.3. The number of alkyl halides is 4. The Kier molecular flexibility index (Phi) is 7.00. The van der Waals surface area contributed by atoms with Crippen molar-refractivity contribution in [3.63, 3.8) is 0 Å². The van der Waals surface area contributed by atoms with Gasteiger partial charge in [-0.3, -0.25) is 9.59 Å². The Labute approximate surface area is 217 Å².